The van der Waals surface area contributed by atoms with Gasteiger partial charge in [-0.3, -0.25) is 9.69 Å². The number of nitrogens with one attached hydrogen (secondary N) is 1. The molecule has 0 saturated carbocycles. The van der Waals surface area contributed by atoms with E-state index in [2.05, 4.69) is 17.1 Å². The molecule has 4 nitrogen and oxygen atoms in total. The van der Waals surface area contributed by atoms with Crippen molar-refractivity contribution in [3.63, 3.8) is 0 Å². The molecule has 1 heterocycles. The van der Waals surface area contributed by atoms with E-state index in [1.807, 2.05) is 13.8 Å². The zero-order valence-corrected chi connectivity index (χ0v) is 11.3. The summed E-state index contributed by atoms with van der Waals surface area (Å²) in [5.41, 5.74) is 5.68. The molecule has 0 spiro atoms. The predicted octanol–water partition coefficient (Wildman–Crippen LogP) is 0.746. The van der Waals surface area contributed by atoms with E-state index in [0.717, 1.165) is 25.9 Å². The largest absolute Gasteiger partial charge is 0.350 e. The molecule has 1 amide bonds. The predicted molar refractivity (Wildman–Crippen MR) is 68.8 cm³/mol. The Balaban J connectivity index is 0.00000225. The van der Waals surface area contributed by atoms with Crippen LogP contribution in [0.25, 0.3) is 0 Å². The molecule has 1 saturated heterocycles. The van der Waals surface area contributed by atoms with Crippen LogP contribution in [0.3, 0.4) is 0 Å². The Bertz CT molecular complexity index is 233. The highest BCUT2D eigenvalue weighted by atomic mass is 35.5. The Kier molecular flexibility index (Phi) is 6.30. The van der Waals surface area contributed by atoms with Gasteiger partial charge in [0.2, 0.25) is 5.91 Å². The van der Waals surface area contributed by atoms with Crippen molar-refractivity contribution < 1.29 is 4.79 Å². The van der Waals surface area contributed by atoms with E-state index in [0.29, 0.717) is 6.54 Å². The molecule has 0 aromatic carbocycles. The molecule has 0 radical (unpaired) electrons. The van der Waals surface area contributed by atoms with Crippen LogP contribution in [-0.4, -0.2) is 42.0 Å². The van der Waals surface area contributed by atoms with E-state index in [4.69, 9.17) is 5.73 Å². The Morgan fingerprint density at radius 2 is 2.19 bits per heavy atom. The highest BCUT2D eigenvalue weighted by molar-refractivity contribution is 5.85. The molecule has 5 heteroatoms. The summed E-state index contributed by atoms with van der Waals surface area (Å²) < 4.78 is 0. The minimum absolute atomic E-state index is 0. The number of amides is 1. The maximum absolute atomic E-state index is 11.7. The molecule has 3 N–H and O–H groups in total. The van der Waals surface area contributed by atoms with Gasteiger partial charge in [0.25, 0.3) is 0 Å². The molecular weight excluding hydrogens is 226 g/mol. The number of hydrogen-bond acceptors (Lipinski definition) is 3. The first-order chi connectivity index (χ1) is 6.93. The number of carbonyl (C=O) groups is 1. The summed E-state index contributed by atoms with van der Waals surface area (Å²) in [4.78, 5) is 13.8. The molecule has 1 rings (SSSR count). The van der Waals surface area contributed by atoms with Crippen LogP contribution >= 0.6 is 12.4 Å². The van der Waals surface area contributed by atoms with Crippen LogP contribution in [0.5, 0.6) is 0 Å². The molecule has 96 valence electrons. The first-order valence-electron chi connectivity index (χ1n) is 5.72. The van der Waals surface area contributed by atoms with E-state index in [9.17, 15) is 4.79 Å². The zero-order valence-electron chi connectivity index (χ0n) is 10.5. The SMILES string of the molecule is CCC(C)(C)NC(=O)CN1CCC(N)C1.Cl. The van der Waals surface area contributed by atoms with Crippen LogP contribution < -0.4 is 11.1 Å². The van der Waals surface area contributed by atoms with Gasteiger partial charge in [-0.2, -0.15) is 0 Å². The van der Waals surface area contributed by atoms with Crippen molar-refractivity contribution >= 4 is 18.3 Å². The Morgan fingerprint density at radius 3 is 2.62 bits per heavy atom. The fraction of sp³-hybridized carbons (Fsp3) is 0.909. The van der Waals surface area contributed by atoms with Gasteiger partial charge in [0.05, 0.1) is 6.54 Å². The molecule has 16 heavy (non-hydrogen) atoms. The maximum Gasteiger partial charge on any atom is 0.234 e. The van der Waals surface area contributed by atoms with Crippen LogP contribution in [0.15, 0.2) is 0 Å². The van der Waals surface area contributed by atoms with Gasteiger partial charge in [0.1, 0.15) is 0 Å². The lowest BCUT2D eigenvalue weighted by Gasteiger charge is -2.26. The second-order valence-electron chi connectivity index (χ2n) is 5.07. The van der Waals surface area contributed by atoms with E-state index in [1.54, 1.807) is 0 Å². The summed E-state index contributed by atoms with van der Waals surface area (Å²) in [6.07, 6.45) is 1.95. The van der Waals surface area contributed by atoms with Gasteiger partial charge >= 0.3 is 0 Å². The van der Waals surface area contributed by atoms with E-state index in [-0.39, 0.29) is 29.9 Å². The number of hydrogen-bond donors (Lipinski definition) is 2. The van der Waals surface area contributed by atoms with E-state index >= 15 is 0 Å². The maximum atomic E-state index is 11.7. The van der Waals surface area contributed by atoms with Crippen LogP contribution in [-0.2, 0) is 4.79 Å². The molecule has 0 aromatic heterocycles. The Hall–Kier alpha value is -0.320. The van der Waals surface area contributed by atoms with Gasteiger partial charge in [0, 0.05) is 24.7 Å². The van der Waals surface area contributed by atoms with Crippen molar-refractivity contribution in [3.8, 4) is 0 Å². The molecule has 0 aliphatic carbocycles. The van der Waals surface area contributed by atoms with Crippen molar-refractivity contribution in [2.75, 3.05) is 19.6 Å². The average Bonchev–Trinajstić information content (AvgIpc) is 2.50. The third kappa shape index (κ3) is 5.14. The fourth-order valence-electron chi connectivity index (χ4n) is 1.71. The van der Waals surface area contributed by atoms with Crippen molar-refractivity contribution in [1.29, 1.82) is 0 Å². The van der Waals surface area contributed by atoms with Gasteiger partial charge in [0.15, 0.2) is 0 Å². The third-order valence-electron chi connectivity index (χ3n) is 3.04. The highest BCUT2D eigenvalue weighted by Crippen LogP contribution is 2.09. The standard InChI is InChI=1S/C11H23N3O.ClH/c1-4-11(2,3)13-10(15)8-14-6-5-9(12)7-14;/h9H,4-8,12H2,1-3H3,(H,13,15);1H. The van der Waals surface area contributed by atoms with Crippen molar-refractivity contribution in [1.82, 2.24) is 10.2 Å². The normalized spacial score (nSPS) is 21.6. The second-order valence-corrected chi connectivity index (χ2v) is 5.07. The van der Waals surface area contributed by atoms with E-state index < -0.39 is 0 Å². The summed E-state index contributed by atoms with van der Waals surface area (Å²) in [6.45, 7) is 8.44. The molecule has 0 bridgehead atoms. The summed E-state index contributed by atoms with van der Waals surface area (Å²) in [7, 11) is 0. The molecule has 1 aliphatic heterocycles. The Morgan fingerprint density at radius 1 is 1.56 bits per heavy atom. The van der Waals surface area contributed by atoms with Gasteiger partial charge < -0.3 is 11.1 Å². The number of carbonyl (C=O) groups excluding carboxylic acids is 1. The molecular formula is C11H24ClN3O. The average molecular weight is 250 g/mol. The van der Waals surface area contributed by atoms with Gasteiger partial charge in [-0.1, -0.05) is 6.92 Å². The highest BCUT2D eigenvalue weighted by Gasteiger charge is 2.23. The van der Waals surface area contributed by atoms with Crippen LogP contribution in [0, 0.1) is 0 Å². The molecule has 1 unspecified atom stereocenters. The lowest BCUT2D eigenvalue weighted by Crippen LogP contribution is -2.47. The van der Waals surface area contributed by atoms with Gasteiger partial charge in [-0.25, -0.2) is 0 Å². The number of halogens is 1. The van der Waals surface area contributed by atoms with Gasteiger partial charge in [-0.15, -0.1) is 12.4 Å². The molecule has 1 aliphatic rings. The van der Waals surface area contributed by atoms with Crippen LogP contribution in [0.4, 0.5) is 0 Å². The molecule has 1 atom stereocenters. The van der Waals surface area contributed by atoms with Crippen molar-refractivity contribution in [3.05, 3.63) is 0 Å². The first kappa shape index (κ1) is 15.7. The smallest absolute Gasteiger partial charge is 0.234 e. The van der Waals surface area contributed by atoms with Crippen molar-refractivity contribution in [2.45, 2.75) is 45.2 Å². The lowest BCUT2D eigenvalue weighted by atomic mass is 10.0. The quantitative estimate of drug-likeness (QED) is 0.773. The minimum atomic E-state index is -0.0983. The lowest BCUT2D eigenvalue weighted by molar-refractivity contribution is -0.123. The first-order valence-corrected chi connectivity index (χ1v) is 5.72. The zero-order chi connectivity index (χ0) is 11.5. The van der Waals surface area contributed by atoms with Crippen LogP contribution in [0.1, 0.15) is 33.6 Å². The Labute approximate surface area is 104 Å². The van der Waals surface area contributed by atoms with Crippen molar-refractivity contribution in [2.24, 2.45) is 5.73 Å². The molecule has 0 aromatic rings. The molecule has 1 fully saturated rings. The van der Waals surface area contributed by atoms with Crippen LogP contribution in [0.2, 0.25) is 0 Å². The second kappa shape index (κ2) is 6.42. The third-order valence-corrected chi connectivity index (χ3v) is 3.04. The number of nitrogens with zero attached hydrogens (tertiary/aromatic N) is 1. The summed E-state index contributed by atoms with van der Waals surface area (Å²) in [6, 6.07) is 0.247. The summed E-state index contributed by atoms with van der Waals surface area (Å²) >= 11 is 0. The van der Waals surface area contributed by atoms with E-state index in [1.165, 1.54) is 0 Å². The summed E-state index contributed by atoms with van der Waals surface area (Å²) in [5.74, 6) is 0.107. The number of likely N-dealkylation sites (tertiary alicyclic amines) is 1. The fourth-order valence-corrected chi connectivity index (χ4v) is 1.71. The number of nitrogens with two attached hydrogens (primary N) is 1. The summed E-state index contributed by atoms with van der Waals surface area (Å²) in [5, 5.41) is 3.03. The number of rotatable bonds is 4. The van der Waals surface area contributed by atoms with Gasteiger partial charge in [-0.05, 0) is 26.7 Å². The monoisotopic (exact) mass is 249 g/mol. The topological polar surface area (TPSA) is 58.4 Å². The minimum Gasteiger partial charge on any atom is -0.350 e.